The highest BCUT2D eigenvalue weighted by Gasteiger charge is 2.36. The SMILES string of the molecule is Cn1cc(C(=O)N[C@@H]2CCN(C(=O)c3cc(Cl)c4nccnc4c3)C[C@@H]2c2ccccc2)c(C2CC2)n1. The molecule has 0 bridgehead atoms. The lowest BCUT2D eigenvalue weighted by Crippen LogP contribution is -2.51. The van der Waals surface area contributed by atoms with Crippen LogP contribution in [0.15, 0.2) is 61.1 Å². The number of aromatic nitrogens is 4. The molecular formula is C28H27ClN6O2. The van der Waals surface area contributed by atoms with Gasteiger partial charge in [0.05, 0.1) is 21.8 Å². The zero-order valence-corrected chi connectivity index (χ0v) is 21.2. The maximum absolute atomic E-state index is 13.6. The van der Waals surface area contributed by atoms with E-state index in [1.165, 1.54) is 0 Å². The number of halogens is 1. The Kier molecular flexibility index (Phi) is 6.12. The van der Waals surface area contributed by atoms with Gasteiger partial charge in [-0.25, -0.2) is 0 Å². The minimum Gasteiger partial charge on any atom is -0.348 e. The molecule has 1 saturated carbocycles. The highest BCUT2D eigenvalue weighted by atomic mass is 35.5. The van der Waals surface area contributed by atoms with Crippen molar-refractivity contribution in [3.63, 3.8) is 0 Å². The summed E-state index contributed by atoms with van der Waals surface area (Å²) in [7, 11) is 1.85. The van der Waals surface area contributed by atoms with E-state index < -0.39 is 0 Å². The number of likely N-dealkylation sites (tertiary alicyclic amines) is 1. The molecule has 188 valence electrons. The van der Waals surface area contributed by atoms with Crippen LogP contribution < -0.4 is 5.32 Å². The minimum absolute atomic E-state index is 0.0559. The Morgan fingerprint density at radius 2 is 1.84 bits per heavy atom. The predicted molar refractivity (Wildman–Crippen MR) is 141 cm³/mol. The average Bonchev–Trinajstić information content (AvgIpc) is 3.69. The number of fused-ring (bicyclic) bond motifs is 1. The van der Waals surface area contributed by atoms with Gasteiger partial charge in [0.25, 0.3) is 11.8 Å². The van der Waals surface area contributed by atoms with Gasteiger partial charge in [0.15, 0.2) is 0 Å². The molecular weight excluding hydrogens is 488 g/mol. The number of benzene rings is 2. The molecule has 2 aliphatic rings. The molecule has 1 aliphatic heterocycles. The zero-order valence-electron chi connectivity index (χ0n) is 20.5. The molecule has 1 N–H and O–H groups in total. The van der Waals surface area contributed by atoms with Crippen molar-refractivity contribution in [3.05, 3.63) is 88.5 Å². The molecule has 0 radical (unpaired) electrons. The Balaban J connectivity index is 1.25. The lowest BCUT2D eigenvalue weighted by molar-refractivity contribution is 0.0671. The van der Waals surface area contributed by atoms with Crippen LogP contribution in [0.25, 0.3) is 11.0 Å². The first-order valence-electron chi connectivity index (χ1n) is 12.6. The lowest BCUT2D eigenvalue weighted by Gasteiger charge is -2.39. The number of carbonyl (C=O) groups excluding carboxylic acids is 2. The summed E-state index contributed by atoms with van der Waals surface area (Å²) in [6.07, 6.45) is 7.77. The van der Waals surface area contributed by atoms with Gasteiger partial charge < -0.3 is 10.2 Å². The Morgan fingerprint density at radius 3 is 2.62 bits per heavy atom. The van der Waals surface area contributed by atoms with Crippen LogP contribution in [-0.2, 0) is 7.05 Å². The maximum atomic E-state index is 13.6. The molecule has 4 aromatic rings. The van der Waals surface area contributed by atoms with Gasteiger partial charge in [-0.15, -0.1) is 0 Å². The number of piperidine rings is 1. The van der Waals surface area contributed by atoms with Crippen molar-refractivity contribution in [2.45, 2.75) is 37.1 Å². The second kappa shape index (κ2) is 9.59. The molecule has 2 amide bonds. The summed E-state index contributed by atoms with van der Waals surface area (Å²) < 4.78 is 1.72. The van der Waals surface area contributed by atoms with Crippen LogP contribution in [0.4, 0.5) is 0 Å². The standard InChI is InChI=1S/C28H27ClN6O2/c1-34-15-21(25(33-34)18-7-8-18)27(36)32-23-9-12-35(16-20(23)17-5-3-2-4-6-17)28(37)19-13-22(29)26-24(14-19)30-10-11-31-26/h2-6,10-11,13-15,18,20,23H,7-9,12,16H2,1H3,(H,32,36)/t20-,23-/m1/s1. The fourth-order valence-corrected chi connectivity index (χ4v) is 5.53. The van der Waals surface area contributed by atoms with E-state index in [9.17, 15) is 9.59 Å². The fourth-order valence-electron chi connectivity index (χ4n) is 5.27. The van der Waals surface area contributed by atoms with Crippen molar-refractivity contribution in [1.29, 1.82) is 0 Å². The number of nitrogens with zero attached hydrogens (tertiary/aromatic N) is 5. The van der Waals surface area contributed by atoms with Gasteiger partial charge in [0.1, 0.15) is 5.52 Å². The van der Waals surface area contributed by atoms with E-state index in [4.69, 9.17) is 11.6 Å². The monoisotopic (exact) mass is 514 g/mol. The van der Waals surface area contributed by atoms with Gasteiger partial charge >= 0.3 is 0 Å². The molecule has 2 fully saturated rings. The summed E-state index contributed by atoms with van der Waals surface area (Å²) in [6, 6.07) is 13.3. The van der Waals surface area contributed by atoms with Crippen LogP contribution in [0.3, 0.4) is 0 Å². The first kappa shape index (κ1) is 23.6. The quantitative estimate of drug-likeness (QED) is 0.428. The Labute approximate surface area is 219 Å². The smallest absolute Gasteiger partial charge is 0.255 e. The molecule has 1 aliphatic carbocycles. The number of hydrogen-bond donors (Lipinski definition) is 1. The molecule has 37 heavy (non-hydrogen) atoms. The number of aryl methyl sites for hydroxylation is 1. The molecule has 6 rings (SSSR count). The van der Waals surface area contributed by atoms with E-state index in [0.29, 0.717) is 52.6 Å². The fraction of sp³-hybridized carbons (Fsp3) is 0.321. The minimum atomic E-state index is -0.114. The molecule has 2 aromatic carbocycles. The number of nitrogens with one attached hydrogen (secondary N) is 1. The normalized spacial score (nSPS) is 19.7. The molecule has 3 heterocycles. The van der Waals surface area contributed by atoms with Gasteiger partial charge in [0, 0.05) is 62.2 Å². The molecule has 8 nitrogen and oxygen atoms in total. The molecule has 0 spiro atoms. The Bertz CT molecular complexity index is 1480. The van der Waals surface area contributed by atoms with Crippen LogP contribution >= 0.6 is 11.6 Å². The third-order valence-corrected chi connectivity index (χ3v) is 7.57. The summed E-state index contributed by atoms with van der Waals surface area (Å²) >= 11 is 6.42. The van der Waals surface area contributed by atoms with Gasteiger partial charge in [-0.2, -0.15) is 5.10 Å². The van der Waals surface area contributed by atoms with Crippen molar-refractivity contribution in [3.8, 4) is 0 Å². The van der Waals surface area contributed by atoms with Crippen molar-refractivity contribution in [2.24, 2.45) is 7.05 Å². The number of amides is 2. The van der Waals surface area contributed by atoms with E-state index in [-0.39, 0.29) is 23.8 Å². The third kappa shape index (κ3) is 4.69. The van der Waals surface area contributed by atoms with Crippen LogP contribution in [0.2, 0.25) is 5.02 Å². The molecule has 1 saturated heterocycles. The van der Waals surface area contributed by atoms with E-state index in [2.05, 4.69) is 32.5 Å². The van der Waals surface area contributed by atoms with E-state index in [1.807, 2.05) is 36.3 Å². The highest BCUT2D eigenvalue weighted by Crippen LogP contribution is 2.41. The van der Waals surface area contributed by atoms with Crippen LogP contribution in [-0.4, -0.2) is 55.6 Å². The summed E-state index contributed by atoms with van der Waals surface area (Å²) in [5, 5.41) is 8.23. The molecule has 2 aromatic heterocycles. The Hall–Kier alpha value is -3.78. The third-order valence-electron chi connectivity index (χ3n) is 7.28. The Morgan fingerprint density at radius 1 is 1.05 bits per heavy atom. The van der Waals surface area contributed by atoms with Crippen molar-refractivity contribution < 1.29 is 9.59 Å². The largest absolute Gasteiger partial charge is 0.348 e. The second-order valence-corrected chi connectivity index (χ2v) is 10.3. The van der Waals surface area contributed by atoms with Crippen LogP contribution in [0, 0.1) is 0 Å². The van der Waals surface area contributed by atoms with E-state index in [0.717, 1.165) is 24.1 Å². The summed E-state index contributed by atoms with van der Waals surface area (Å²) in [4.78, 5) is 37.4. The van der Waals surface area contributed by atoms with Gasteiger partial charge in [-0.3, -0.25) is 24.2 Å². The second-order valence-electron chi connectivity index (χ2n) is 9.90. The molecule has 2 atom stereocenters. The number of hydrogen-bond acceptors (Lipinski definition) is 5. The van der Waals surface area contributed by atoms with Gasteiger partial charge in [-0.05, 0) is 37.0 Å². The van der Waals surface area contributed by atoms with Crippen molar-refractivity contribution in [2.75, 3.05) is 13.1 Å². The summed E-state index contributed by atoms with van der Waals surface area (Å²) in [6.45, 7) is 0.998. The lowest BCUT2D eigenvalue weighted by atomic mass is 9.85. The predicted octanol–water partition coefficient (Wildman–Crippen LogP) is 4.32. The van der Waals surface area contributed by atoms with E-state index in [1.54, 1.807) is 29.2 Å². The van der Waals surface area contributed by atoms with Crippen molar-refractivity contribution in [1.82, 2.24) is 30.0 Å². The summed E-state index contributed by atoms with van der Waals surface area (Å²) in [5.41, 5.74) is 4.27. The number of carbonyl (C=O) groups is 2. The van der Waals surface area contributed by atoms with Gasteiger partial charge in [-0.1, -0.05) is 41.9 Å². The molecule has 0 unspecified atom stereocenters. The van der Waals surface area contributed by atoms with Crippen LogP contribution in [0.1, 0.15) is 63.1 Å². The first-order valence-corrected chi connectivity index (χ1v) is 12.9. The zero-order chi connectivity index (χ0) is 25.5. The average molecular weight is 515 g/mol. The highest BCUT2D eigenvalue weighted by molar-refractivity contribution is 6.35. The maximum Gasteiger partial charge on any atom is 0.255 e. The van der Waals surface area contributed by atoms with Crippen molar-refractivity contribution >= 4 is 34.4 Å². The van der Waals surface area contributed by atoms with Gasteiger partial charge in [0.2, 0.25) is 0 Å². The van der Waals surface area contributed by atoms with E-state index >= 15 is 0 Å². The topological polar surface area (TPSA) is 93.0 Å². The first-order chi connectivity index (χ1) is 18.0. The van der Waals surface area contributed by atoms with Crippen LogP contribution in [0.5, 0.6) is 0 Å². The summed E-state index contributed by atoms with van der Waals surface area (Å²) in [5.74, 6) is 0.119. The molecule has 9 heteroatoms. The number of rotatable bonds is 5.